The summed E-state index contributed by atoms with van der Waals surface area (Å²) in [6.45, 7) is 4.32. The predicted molar refractivity (Wildman–Crippen MR) is 103 cm³/mol. The molecule has 1 rings (SSSR count). The Labute approximate surface area is 162 Å². The van der Waals surface area contributed by atoms with Crippen molar-refractivity contribution in [3.8, 4) is 0 Å². The normalized spacial score (nSPS) is 11.7. The molecule has 0 saturated heterocycles. The molecule has 0 aliphatic heterocycles. The van der Waals surface area contributed by atoms with E-state index in [0.29, 0.717) is 18.1 Å². The molecule has 9 heteroatoms. The fraction of sp³-hybridized carbons (Fsp3) is 0.500. The molecule has 1 aromatic rings. The van der Waals surface area contributed by atoms with Crippen molar-refractivity contribution < 1.29 is 18.0 Å². The Morgan fingerprint density at radius 1 is 1.24 bits per heavy atom. The van der Waals surface area contributed by atoms with Crippen molar-refractivity contribution in [1.29, 1.82) is 0 Å². The molecule has 0 bridgehead atoms. The molecule has 0 spiro atoms. The predicted octanol–water partition coefficient (Wildman–Crippen LogP) is 2.90. The summed E-state index contributed by atoms with van der Waals surface area (Å²) in [6.07, 6.45) is -4.08. The van der Waals surface area contributed by atoms with Crippen LogP contribution < -0.4 is 16.0 Å². The third-order valence-electron chi connectivity index (χ3n) is 3.03. The summed E-state index contributed by atoms with van der Waals surface area (Å²) >= 11 is 0. The van der Waals surface area contributed by atoms with Crippen LogP contribution >= 0.6 is 24.0 Å². The fourth-order valence-electron chi connectivity index (χ4n) is 1.95. The summed E-state index contributed by atoms with van der Waals surface area (Å²) in [5, 5.41) is 8.63. The zero-order valence-corrected chi connectivity index (χ0v) is 16.7. The molecule has 0 aliphatic carbocycles. The number of rotatable bonds is 6. The van der Waals surface area contributed by atoms with Crippen LogP contribution in [0.4, 0.5) is 13.2 Å². The van der Waals surface area contributed by atoms with Crippen LogP contribution in [0.25, 0.3) is 0 Å². The molecule has 0 saturated carbocycles. The van der Waals surface area contributed by atoms with Crippen LogP contribution in [-0.2, 0) is 17.5 Å². The molecule has 5 nitrogen and oxygen atoms in total. The number of guanidine groups is 1. The van der Waals surface area contributed by atoms with Crippen LogP contribution in [-0.4, -0.2) is 31.5 Å². The van der Waals surface area contributed by atoms with Crippen molar-refractivity contribution >= 4 is 35.8 Å². The highest BCUT2D eigenvalue weighted by Crippen LogP contribution is 2.29. The average molecular weight is 472 g/mol. The third kappa shape index (κ3) is 9.51. The largest absolute Gasteiger partial charge is 0.416 e. The van der Waals surface area contributed by atoms with Crippen molar-refractivity contribution in [2.75, 3.05) is 13.6 Å². The number of benzene rings is 1. The Bertz CT molecular complexity index is 577. The molecule has 142 valence electrons. The highest BCUT2D eigenvalue weighted by molar-refractivity contribution is 14.0. The first kappa shape index (κ1) is 23.5. The molecular weight excluding hydrogens is 448 g/mol. The van der Waals surface area contributed by atoms with Crippen molar-refractivity contribution in [3.05, 3.63) is 35.4 Å². The first-order valence-corrected chi connectivity index (χ1v) is 7.62. The van der Waals surface area contributed by atoms with Gasteiger partial charge >= 0.3 is 6.18 Å². The molecule has 0 radical (unpaired) electrons. The average Bonchev–Trinajstić information content (AvgIpc) is 2.49. The summed E-state index contributed by atoms with van der Waals surface area (Å²) in [6, 6.07) is 5.17. The maximum absolute atomic E-state index is 12.7. The Kier molecular flexibility index (Phi) is 10.5. The van der Waals surface area contributed by atoms with Gasteiger partial charge in [0.15, 0.2) is 5.96 Å². The second-order valence-electron chi connectivity index (χ2n) is 5.52. The van der Waals surface area contributed by atoms with Gasteiger partial charge in [-0.05, 0) is 31.5 Å². The number of nitrogens with one attached hydrogen (secondary N) is 3. The van der Waals surface area contributed by atoms with E-state index < -0.39 is 11.7 Å². The van der Waals surface area contributed by atoms with Gasteiger partial charge in [0.05, 0.1) is 5.56 Å². The number of alkyl halides is 3. The minimum Gasteiger partial charge on any atom is -0.356 e. The Hall–Kier alpha value is -1.52. The molecule has 0 heterocycles. The monoisotopic (exact) mass is 472 g/mol. The summed E-state index contributed by atoms with van der Waals surface area (Å²) in [5.74, 6) is 0.343. The smallest absolute Gasteiger partial charge is 0.356 e. The fourth-order valence-corrected chi connectivity index (χ4v) is 1.95. The van der Waals surface area contributed by atoms with Crippen LogP contribution in [0.1, 0.15) is 31.4 Å². The Balaban J connectivity index is 0.00000576. The Morgan fingerprint density at radius 2 is 1.92 bits per heavy atom. The van der Waals surface area contributed by atoms with Crippen molar-refractivity contribution in [1.82, 2.24) is 16.0 Å². The van der Waals surface area contributed by atoms with Gasteiger partial charge in [0.2, 0.25) is 5.91 Å². The van der Waals surface area contributed by atoms with Gasteiger partial charge in [-0.2, -0.15) is 13.2 Å². The lowest BCUT2D eigenvalue weighted by Gasteiger charge is -2.13. The molecule has 1 amide bonds. The van der Waals surface area contributed by atoms with Gasteiger partial charge in [0.1, 0.15) is 0 Å². The van der Waals surface area contributed by atoms with E-state index in [1.807, 2.05) is 13.8 Å². The highest BCUT2D eigenvalue weighted by atomic mass is 127. The first-order valence-electron chi connectivity index (χ1n) is 7.62. The zero-order valence-electron chi connectivity index (χ0n) is 14.4. The van der Waals surface area contributed by atoms with E-state index in [1.54, 1.807) is 13.1 Å². The molecule has 3 N–H and O–H groups in total. The third-order valence-corrected chi connectivity index (χ3v) is 3.03. The van der Waals surface area contributed by atoms with Crippen molar-refractivity contribution in [3.63, 3.8) is 0 Å². The first-order chi connectivity index (χ1) is 11.2. The van der Waals surface area contributed by atoms with Crippen molar-refractivity contribution in [2.24, 2.45) is 4.99 Å². The summed E-state index contributed by atoms with van der Waals surface area (Å²) < 4.78 is 38.0. The number of amides is 1. The summed E-state index contributed by atoms with van der Waals surface area (Å²) in [7, 11) is 1.55. The second kappa shape index (κ2) is 11.2. The quantitative estimate of drug-likeness (QED) is 0.339. The van der Waals surface area contributed by atoms with E-state index in [0.717, 1.165) is 12.1 Å². The van der Waals surface area contributed by atoms with Gasteiger partial charge in [0.25, 0.3) is 0 Å². The van der Waals surface area contributed by atoms with E-state index in [2.05, 4.69) is 20.9 Å². The minimum absolute atomic E-state index is 0. The molecule has 0 fully saturated rings. The Morgan fingerprint density at radius 3 is 2.48 bits per heavy atom. The lowest BCUT2D eigenvalue weighted by molar-refractivity contribution is -0.137. The SMILES string of the molecule is CN=C(NCCC(=O)NC(C)C)NCc1cccc(C(F)(F)F)c1.I. The zero-order chi connectivity index (χ0) is 18.2. The maximum Gasteiger partial charge on any atom is 0.416 e. The topological polar surface area (TPSA) is 65.5 Å². The van der Waals surface area contributed by atoms with Gasteiger partial charge in [-0.1, -0.05) is 12.1 Å². The van der Waals surface area contributed by atoms with Gasteiger partial charge in [-0.3, -0.25) is 9.79 Å². The standard InChI is InChI=1S/C16H23F3N4O.HI/c1-11(2)23-14(24)7-8-21-15(20-3)22-10-12-5-4-6-13(9-12)16(17,18)19;/h4-6,9,11H,7-8,10H2,1-3H3,(H,23,24)(H2,20,21,22);1H. The van der Waals surface area contributed by atoms with E-state index in [4.69, 9.17) is 0 Å². The summed E-state index contributed by atoms with van der Waals surface area (Å²) in [4.78, 5) is 15.5. The van der Waals surface area contributed by atoms with E-state index in [9.17, 15) is 18.0 Å². The van der Waals surface area contributed by atoms with Crippen LogP contribution in [0, 0.1) is 0 Å². The van der Waals surface area contributed by atoms with E-state index in [1.165, 1.54) is 6.07 Å². The maximum atomic E-state index is 12.7. The second-order valence-corrected chi connectivity index (χ2v) is 5.52. The van der Waals surface area contributed by atoms with Gasteiger partial charge in [-0.25, -0.2) is 0 Å². The molecular formula is C16H24F3IN4O. The number of carbonyl (C=O) groups is 1. The summed E-state index contributed by atoms with van der Waals surface area (Å²) in [5.41, 5.74) is -0.194. The highest BCUT2D eigenvalue weighted by Gasteiger charge is 2.30. The van der Waals surface area contributed by atoms with Crippen LogP contribution in [0.3, 0.4) is 0 Å². The number of hydrogen-bond donors (Lipinski definition) is 3. The number of carbonyl (C=O) groups excluding carboxylic acids is 1. The molecule has 0 aliphatic rings. The number of nitrogens with zero attached hydrogens (tertiary/aromatic N) is 1. The molecule has 0 unspecified atom stereocenters. The lowest BCUT2D eigenvalue weighted by Crippen LogP contribution is -2.39. The van der Waals surface area contributed by atoms with E-state index >= 15 is 0 Å². The number of halogens is 4. The molecule has 0 aromatic heterocycles. The minimum atomic E-state index is -4.36. The van der Waals surface area contributed by atoms with E-state index in [-0.39, 0.29) is 48.9 Å². The lowest BCUT2D eigenvalue weighted by atomic mass is 10.1. The van der Waals surface area contributed by atoms with Gasteiger partial charge in [-0.15, -0.1) is 24.0 Å². The molecule has 1 aromatic carbocycles. The number of hydrogen-bond acceptors (Lipinski definition) is 2. The van der Waals surface area contributed by atoms with Crippen LogP contribution in [0.2, 0.25) is 0 Å². The van der Waals surface area contributed by atoms with Crippen molar-refractivity contribution in [2.45, 2.75) is 39.0 Å². The molecule has 25 heavy (non-hydrogen) atoms. The van der Waals surface area contributed by atoms with Gasteiger partial charge < -0.3 is 16.0 Å². The number of aliphatic imine (C=N–C) groups is 1. The van der Waals surface area contributed by atoms with Gasteiger partial charge in [0, 0.05) is 32.6 Å². The van der Waals surface area contributed by atoms with Crippen LogP contribution in [0.5, 0.6) is 0 Å². The molecule has 0 atom stereocenters. The van der Waals surface area contributed by atoms with Crippen LogP contribution in [0.15, 0.2) is 29.3 Å².